The minimum atomic E-state index is -4.95. The van der Waals surface area contributed by atoms with Crippen molar-refractivity contribution in [3.05, 3.63) is 57.4 Å². The van der Waals surface area contributed by atoms with Crippen molar-refractivity contribution in [3.63, 3.8) is 0 Å². The van der Waals surface area contributed by atoms with Gasteiger partial charge in [-0.3, -0.25) is 0 Å². The Morgan fingerprint density at radius 1 is 1.00 bits per heavy atom. The van der Waals surface area contributed by atoms with Gasteiger partial charge < -0.3 is 25.2 Å². The Hall–Kier alpha value is -3.15. The number of carbonyl (C=O) groups is 2. The van der Waals surface area contributed by atoms with Crippen LogP contribution in [0.2, 0.25) is 10.0 Å². The Morgan fingerprint density at radius 2 is 1.61 bits per heavy atom. The smallest absolute Gasteiger partial charge is 0.497 e. The van der Waals surface area contributed by atoms with Gasteiger partial charge in [-0.05, 0) is 35.9 Å². The Kier molecular flexibility index (Phi) is 7.25. The average Bonchev–Trinajstić information content (AvgIpc) is 3.13. The van der Waals surface area contributed by atoms with E-state index < -0.39 is 24.1 Å². The fourth-order valence-corrected chi connectivity index (χ4v) is 4.19. The van der Waals surface area contributed by atoms with Crippen LogP contribution in [-0.2, 0) is 0 Å². The van der Waals surface area contributed by atoms with Gasteiger partial charge in [0.2, 0.25) is 0 Å². The molecule has 0 unspecified atom stereocenters. The largest absolute Gasteiger partial charge is 0.573 e. The third kappa shape index (κ3) is 6.21. The Labute approximate surface area is 198 Å². The number of aromatic carboxylic acids is 1. The summed E-state index contributed by atoms with van der Waals surface area (Å²) in [7, 11) is 1.51. The van der Waals surface area contributed by atoms with E-state index in [0.29, 0.717) is 16.2 Å². The van der Waals surface area contributed by atoms with Gasteiger partial charge in [0.1, 0.15) is 16.4 Å². The van der Waals surface area contributed by atoms with Crippen LogP contribution in [0.1, 0.15) is 9.67 Å². The number of thiophene rings is 1. The van der Waals surface area contributed by atoms with E-state index in [2.05, 4.69) is 15.4 Å². The first-order chi connectivity index (χ1) is 15.5. The second kappa shape index (κ2) is 9.77. The van der Waals surface area contributed by atoms with E-state index in [9.17, 15) is 27.9 Å². The van der Waals surface area contributed by atoms with Gasteiger partial charge >= 0.3 is 18.4 Å². The maximum absolute atomic E-state index is 12.4. The third-order valence-corrected chi connectivity index (χ3v) is 5.81. The number of hydrogen-bond donors (Lipinski definition) is 3. The summed E-state index contributed by atoms with van der Waals surface area (Å²) >= 11 is 12.8. The summed E-state index contributed by atoms with van der Waals surface area (Å²) < 4.78 is 46.0. The quantitative estimate of drug-likeness (QED) is 0.326. The van der Waals surface area contributed by atoms with Crippen molar-refractivity contribution in [1.29, 1.82) is 0 Å². The lowest BCUT2D eigenvalue weighted by molar-refractivity contribution is -0.274. The molecule has 0 spiro atoms. The summed E-state index contributed by atoms with van der Waals surface area (Å²) in [6.45, 7) is 0. The molecule has 0 aliphatic rings. The molecule has 174 valence electrons. The number of methoxy groups -OCH3 is 1. The van der Waals surface area contributed by atoms with Gasteiger partial charge in [0, 0.05) is 17.0 Å². The molecule has 1 heterocycles. The van der Waals surface area contributed by atoms with E-state index in [-0.39, 0.29) is 26.3 Å². The molecule has 3 rings (SSSR count). The van der Waals surface area contributed by atoms with E-state index in [0.717, 1.165) is 23.5 Å². The van der Waals surface area contributed by atoms with Gasteiger partial charge in [-0.15, -0.1) is 24.5 Å². The van der Waals surface area contributed by atoms with E-state index in [4.69, 9.17) is 27.9 Å². The maximum Gasteiger partial charge on any atom is 0.573 e. The predicted molar refractivity (Wildman–Crippen MR) is 119 cm³/mol. The summed E-state index contributed by atoms with van der Waals surface area (Å²) in [6.07, 6.45) is -4.95. The van der Waals surface area contributed by atoms with E-state index in [1.54, 1.807) is 24.3 Å². The lowest BCUT2D eigenvalue weighted by Gasteiger charge is -2.14. The summed E-state index contributed by atoms with van der Waals surface area (Å²) in [5, 5.41) is 13.5. The number of hydrogen-bond acceptors (Lipinski definition) is 5. The van der Waals surface area contributed by atoms with Crippen molar-refractivity contribution in [1.82, 2.24) is 0 Å². The lowest BCUT2D eigenvalue weighted by Crippen LogP contribution is -2.21. The lowest BCUT2D eigenvalue weighted by atomic mass is 10.2. The van der Waals surface area contributed by atoms with Crippen LogP contribution in [0.4, 0.5) is 29.3 Å². The first-order valence-corrected chi connectivity index (χ1v) is 10.4. The summed E-state index contributed by atoms with van der Waals surface area (Å²) in [5.41, 5.74) is 0.510. The normalized spacial score (nSPS) is 11.1. The molecule has 1 aromatic heterocycles. The molecule has 13 heteroatoms. The highest BCUT2D eigenvalue weighted by atomic mass is 35.5. The number of carboxylic acid groups (broad SMARTS) is 1. The zero-order chi connectivity index (χ0) is 24.3. The molecular weight excluding hydrogens is 508 g/mol. The molecule has 0 aliphatic carbocycles. The van der Waals surface area contributed by atoms with Crippen LogP contribution in [0.3, 0.4) is 0 Å². The molecule has 0 bridgehead atoms. The summed E-state index contributed by atoms with van der Waals surface area (Å²) in [4.78, 5) is 24.5. The molecule has 7 nitrogen and oxygen atoms in total. The number of benzene rings is 2. The number of carbonyl (C=O) groups excluding carboxylic acids is 1. The molecule has 2 aromatic carbocycles. The monoisotopic (exact) mass is 520 g/mol. The Balaban J connectivity index is 1.81. The van der Waals surface area contributed by atoms with Gasteiger partial charge in [-0.1, -0.05) is 23.2 Å². The summed E-state index contributed by atoms with van der Waals surface area (Å²) in [5.74, 6) is -1.31. The molecule has 3 aromatic rings. The number of halogens is 5. The fourth-order valence-electron chi connectivity index (χ4n) is 2.67. The number of urea groups is 1. The highest BCUT2D eigenvalue weighted by Gasteiger charge is 2.31. The van der Waals surface area contributed by atoms with Crippen molar-refractivity contribution >= 4 is 57.9 Å². The van der Waals surface area contributed by atoms with E-state index in [1.807, 2.05) is 0 Å². The summed E-state index contributed by atoms with van der Waals surface area (Å²) in [6, 6.07) is 9.06. The van der Waals surface area contributed by atoms with E-state index in [1.165, 1.54) is 13.2 Å². The first-order valence-electron chi connectivity index (χ1n) is 8.81. The highest BCUT2D eigenvalue weighted by molar-refractivity contribution is 7.18. The molecule has 33 heavy (non-hydrogen) atoms. The number of amides is 2. The van der Waals surface area contributed by atoms with Crippen LogP contribution in [-0.4, -0.2) is 30.6 Å². The van der Waals surface area contributed by atoms with E-state index >= 15 is 0 Å². The standard InChI is InChI=1S/C20H13Cl2F3N2O5S/c1-31-10-4-2-9(3-5-10)15-8-14(17(33-15)18(28)29)26-19(30)27-16-12(21)6-11(7-13(16)22)32-20(23,24)25/h2-8H,1H3,(H,28,29)(H2,26,27,30). The third-order valence-electron chi connectivity index (χ3n) is 4.04. The number of anilines is 2. The fraction of sp³-hybridized carbons (Fsp3) is 0.100. The Morgan fingerprint density at radius 3 is 2.12 bits per heavy atom. The Bertz CT molecular complexity index is 1180. The van der Waals surface area contributed by atoms with Crippen LogP contribution < -0.4 is 20.1 Å². The second-order valence-corrected chi connectivity index (χ2v) is 8.14. The number of ether oxygens (including phenoxy) is 2. The maximum atomic E-state index is 12.4. The van der Waals surface area contributed by atoms with Crippen LogP contribution in [0.5, 0.6) is 11.5 Å². The molecular formula is C20H13Cl2F3N2O5S. The highest BCUT2D eigenvalue weighted by Crippen LogP contribution is 2.38. The van der Waals surface area contributed by atoms with Gasteiger partial charge in [-0.25, -0.2) is 9.59 Å². The number of nitrogens with one attached hydrogen (secondary N) is 2. The van der Waals surface area contributed by atoms with Gasteiger partial charge in [-0.2, -0.15) is 0 Å². The number of carboxylic acids is 1. The van der Waals surface area contributed by atoms with Gasteiger partial charge in [0.25, 0.3) is 0 Å². The van der Waals surface area contributed by atoms with Gasteiger partial charge in [0.05, 0.1) is 28.5 Å². The van der Waals surface area contributed by atoms with Crippen molar-refractivity contribution in [3.8, 4) is 21.9 Å². The van der Waals surface area contributed by atoms with Crippen molar-refractivity contribution in [2.45, 2.75) is 6.36 Å². The van der Waals surface area contributed by atoms with Crippen molar-refractivity contribution in [2.24, 2.45) is 0 Å². The van der Waals surface area contributed by atoms with Crippen molar-refractivity contribution in [2.75, 3.05) is 17.7 Å². The molecule has 0 saturated carbocycles. The van der Waals surface area contributed by atoms with Crippen molar-refractivity contribution < 1.29 is 37.3 Å². The van der Waals surface area contributed by atoms with Crippen LogP contribution in [0.25, 0.3) is 10.4 Å². The predicted octanol–water partition coefficient (Wildman–Crippen LogP) is 6.97. The average molecular weight is 521 g/mol. The molecule has 2 amide bonds. The molecule has 0 atom stereocenters. The SMILES string of the molecule is COc1ccc(-c2cc(NC(=O)Nc3c(Cl)cc(OC(F)(F)F)cc3Cl)c(C(=O)O)s2)cc1. The molecule has 0 radical (unpaired) electrons. The zero-order valence-corrected chi connectivity index (χ0v) is 18.7. The van der Waals surface area contributed by atoms with Crippen LogP contribution in [0.15, 0.2) is 42.5 Å². The number of alkyl halides is 3. The zero-order valence-electron chi connectivity index (χ0n) is 16.4. The first kappa shape index (κ1) is 24.5. The molecule has 0 saturated heterocycles. The molecule has 3 N–H and O–H groups in total. The minimum absolute atomic E-state index is 0.0000813. The van der Waals surface area contributed by atoms with Gasteiger partial charge in [0.15, 0.2) is 0 Å². The number of rotatable bonds is 6. The topological polar surface area (TPSA) is 96.9 Å². The second-order valence-electron chi connectivity index (χ2n) is 6.28. The molecule has 0 fully saturated rings. The van der Waals surface area contributed by atoms with Crippen LogP contribution in [0, 0.1) is 0 Å². The minimum Gasteiger partial charge on any atom is -0.497 e. The van der Waals surface area contributed by atoms with Crippen LogP contribution >= 0.6 is 34.5 Å². The molecule has 0 aliphatic heterocycles.